The van der Waals surface area contributed by atoms with E-state index in [0.717, 1.165) is 24.8 Å². The fraction of sp³-hybridized carbons (Fsp3) is 0.222. The van der Waals surface area contributed by atoms with Crippen LogP contribution in [0.1, 0.15) is 35.6 Å². The highest BCUT2D eigenvalue weighted by Crippen LogP contribution is 2.25. The lowest BCUT2D eigenvalue weighted by Gasteiger charge is -2.18. The Morgan fingerprint density at radius 1 is 1.00 bits per heavy atom. The topological polar surface area (TPSA) is 84.5 Å². The van der Waals surface area contributed by atoms with Crippen molar-refractivity contribution in [3.05, 3.63) is 102 Å². The van der Waals surface area contributed by atoms with Gasteiger partial charge in [0, 0.05) is 6.08 Å². The Kier molecular flexibility index (Phi) is 9.01. The van der Waals surface area contributed by atoms with Crippen molar-refractivity contribution in [1.82, 2.24) is 10.0 Å². The van der Waals surface area contributed by atoms with Crippen molar-refractivity contribution < 1.29 is 17.9 Å². The molecule has 3 aromatic carbocycles. The van der Waals surface area contributed by atoms with E-state index in [1.54, 1.807) is 18.2 Å². The maximum Gasteiger partial charge on any atom is 0.244 e. The van der Waals surface area contributed by atoms with Crippen molar-refractivity contribution in [2.45, 2.75) is 30.2 Å². The van der Waals surface area contributed by atoms with Gasteiger partial charge in [0.05, 0.1) is 13.2 Å². The molecular weight excluding hydrogens is 448 g/mol. The second kappa shape index (κ2) is 12.2. The molecule has 34 heavy (non-hydrogen) atoms. The van der Waals surface area contributed by atoms with Gasteiger partial charge >= 0.3 is 0 Å². The summed E-state index contributed by atoms with van der Waals surface area (Å²) >= 11 is 0. The number of ether oxygens (including phenoxy) is 1. The van der Waals surface area contributed by atoms with E-state index in [4.69, 9.17) is 4.74 Å². The van der Waals surface area contributed by atoms with Gasteiger partial charge in [-0.15, -0.1) is 0 Å². The van der Waals surface area contributed by atoms with Gasteiger partial charge in [0.1, 0.15) is 10.6 Å². The number of nitrogens with one attached hydrogen (secondary N) is 2. The quantitative estimate of drug-likeness (QED) is 0.398. The smallest absolute Gasteiger partial charge is 0.244 e. The first-order valence-corrected chi connectivity index (χ1v) is 12.6. The van der Waals surface area contributed by atoms with Crippen LogP contribution in [0, 0.1) is 0 Å². The molecule has 6 nitrogen and oxygen atoms in total. The van der Waals surface area contributed by atoms with Crippen molar-refractivity contribution in [2.75, 3.05) is 14.2 Å². The van der Waals surface area contributed by atoms with Gasteiger partial charge in [-0.05, 0) is 61.2 Å². The molecule has 3 rings (SSSR count). The summed E-state index contributed by atoms with van der Waals surface area (Å²) in [6.45, 7) is 0. The lowest BCUT2D eigenvalue weighted by molar-refractivity contribution is -0.117. The third kappa shape index (κ3) is 7.04. The highest BCUT2D eigenvalue weighted by Gasteiger charge is 2.18. The van der Waals surface area contributed by atoms with Gasteiger partial charge in [0.25, 0.3) is 0 Å². The Morgan fingerprint density at radius 3 is 2.32 bits per heavy atom. The number of sulfonamides is 1. The first-order valence-electron chi connectivity index (χ1n) is 11.1. The Bertz CT molecular complexity index is 1210. The molecule has 3 aromatic rings. The van der Waals surface area contributed by atoms with E-state index >= 15 is 0 Å². The van der Waals surface area contributed by atoms with Crippen molar-refractivity contribution in [2.24, 2.45) is 0 Å². The van der Waals surface area contributed by atoms with Crippen LogP contribution >= 0.6 is 0 Å². The molecule has 1 amide bonds. The number of hydrogen-bond donors (Lipinski definition) is 2. The maximum absolute atomic E-state index is 12.7. The van der Waals surface area contributed by atoms with Gasteiger partial charge < -0.3 is 10.1 Å². The van der Waals surface area contributed by atoms with Crippen LogP contribution in [0.5, 0.6) is 5.75 Å². The van der Waals surface area contributed by atoms with Crippen molar-refractivity contribution >= 4 is 22.0 Å². The molecule has 0 spiro atoms. The summed E-state index contributed by atoms with van der Waals surface area (Å²) in [6, 6.07) is 24.8. The standard InChI is InChI=1S/C27H30N2O4S/c1-28-34(31,32)26-20-22(16-18-25(26)33-2)17-19-27(30)29-24(23-13-7-4-8-14-23)15-9-12-21-10-5-3-6-11-21/h3-8,10-11,13-14,16-20,24,28H,9,12,15H2,1-2H3,(H,29,30)/b19-17+. The van der Waals surface area contributed by atoms with Crippen LogP contribution in [-0.4, -0.2) is 28.5 Å². The first-order chi connectivity index (χ1) is 16.4. The molecule has 0 aliphatic carbocycles. The molecule has 178 valence electrons. The average Bonchev–Trinajstić information content (AvgIpc) is 2.88. The van der Waals surface area contributed by atoms with Crippen LogP contribution < -0.4 is 14.8 Å². The van der Waals surface area contributed by atoms with E-state index in [9.17, 15) is 13.2 Å². The van der Waals surface area contributed by atoms with Gasteiger partial charge in [0.15, 0.2) is 0 Å². The predicted octanol–water partition coefficient (Wildman–Crippen LogP) is 4.50. The highest BCUT2D eigenvalue weighted by molar-refractivity contribution is 7.89. The zero-order chi connectivity index (χ0) is 24.4. The van der Waals surface area contributed by atoms with E-state index in [1.165, 1.54) is 31.9 Å². The van der Waals surface area contributed by atoms with E-state index in [1.807, 2.05) is 48.5 Å². The fourth-order valence-corrected chi connectivity index (χ4v) is 4.60. The molecule has 0 aliphatic rings. The summed E-state index contributed by atoms with van der Waals surface area (Å²) in [6.07, 6.45) is 5.67. The number of carbonyl (C=O) groups is 1. The number of amides is 1. The van der Waals surface area contributed by atoms with E-state index < -0.39 is 10.0 Å². The van der Waals surface area contributed by atoms with E-state index in [-0.39, 0.29) is 22.6 Å². The first kappa shape index (κ1) is 25.2. The monoisotopic (exact) mass is 478 g/mol. The minimum Gasteiger partial charge on any atom is -0.495 e. The Hall–Kier alpha value is -3.42. The summed E-state index contributed by atoms with van der Waals surface area (Å²) in [5.41, 5.74) is 2.89. The van der Waals surface area contributed by atoms with Crippen LogP contribution in [0.2, 0.25) is 0 Å². The maximum atomic E-state index is 12.7. The van der Waals surface area contributed by atoms with Crippen molar-refractivity contribution in [1.29, 1.82) is 0 Å². The Labute approximate surface area is 201 Å². The van der Waals surface area contributed by atoms with Crippen LogP contribution in [0.15, 0.2) is 89.8 Å². The molecule has 1 atom stereocenters. The second-order valence-corrected chi connectivity index (χ2v) is 9.66. The number of methoxy groups -OCH3 is 1. The minimum atomic E-state index is -3.70. The summed E-state index contributed by atoms with van der Waals surface area (Å²) in [4.78, 5) is 12.8. The van der Waals surface area contributed by atoms with Crippen molar-refractivity contribution in [3.63, 3.8) is 0 Å². The van der Waals surface area contributed by atoms with Crippen molar-refractivity contribution in [3.8, 4) is 5.75 Å². The number of aryl methyl sites for hydroxylation is 1. The molecule has 0 radical (unpaired) electrons. The molecule has 0 saturated carbocycles. The van der Waals surface area contributed by atoms with Crippen LogP contribution in [0.25, 0.3) is 6.08 Å². The lowest BCUT2D eigenvalue weighted by atomic mass is 9.99. The fourth-order valence-electron chi connectivity index (χ4n) is 3.67. The zero-order valence-electron chi connectivity index (χ0n) is 19.4. The van der Waals surface area contributed by atoms with Gasteiger partial charge in [-0.3, -0.25) is 4.79 Å². The number of hydrogen-bond acceptors (Lipinski definition) is 4. The second-order valence-electron chi connectivity index (χ2n) is 7.80. The molecule has 1 unspecified atom stereocenters. The molecule has 7 heteroatoms. The SMILES string of the molecule is CNS(=O)(=O)c1cc(/C=C/C(=O)NC(CCCc2ccccc2)c2ccccc2)ccc1OC. The normalized spacial score (nSPS) is 12.4. The van der Waals surface area contributed by atoms with Crippen LogP contribution in [-0.2, 0) is 21.2 Å². The molecular formula is C27H30N2O4S. The predicted molar refractivity (Wildman–Crippen MR) is 135 cm³/mol. The molecule has 0 heterocycles. The summed E-state index contributed by atoms with van der Waals surface area (Å²) < 4.78 is 32.0. The van der Waals surface area contributed by atoms with E-state index in [2.05, 4.69) is 22.2 Å². The molecule has 0 aliphatic heterocycles. The van der Waals surface area contributed by atoms with Crippen LogP contribution in [0.3, 0.4) is 0 Å². The number of benzene rings is 3. The summed E-state index contributed by atoms with van der Waals surface area (Å²) in [7, 11) is -0.949. The molecule has 0 fully saturated rings. The zero-order valence-corrected chi connectivity index (χ0v) is 20.2. The van der Waals surface area contributed by atoms with E-state index in [0.29, 0.717) is 5.56 Å². The lowest BCUT2D eigenvalue weighted by Crippen LogP contribution is -2.27. The average molecular weight is 479 g/mol. The summed E-state index contributed by atoms with van der Waals surface area (Å²) in [5.74, 6) is -0.0130. The summed E-state index contributed by atoms with van der Waals surface area (Å²) in [5, 5.41) is 3.09. The minimum absolute atomic E-state index is 0.0168. The Balaban J connectivity index is 1.71. The largest absolute Gasteiger partial charge is 0.495 e. The highest BCUT2D eigenvalue weighted by atomic mass is 32.2. The molecule has 0 aromatic heterocycles. The third-order valence-corrected chi connectivity index (χ3v) is 6.93. The molecule has 2 N–H and O–H groups in total. The molecule has 0 saturated heterocycles. The Morgan fingerprint density at radius 2 is 1.68 bits per heavy atom. The number of rotatable bonds is 11. The van der Waals surface area contributed by atoms with Gasteiger partial charge in [0.2, 0.25) is 15.9 Å². The van der Waals surface area contributed by atoms with Crippen LogP contribution in [0.4, 0.5) is 0 Å². The van der Waals surface area contributed by atoms with Gasteiger partial charge in [-0.1, -0.05) is 66.7 Å². The number of carbonyl (C=O) groups excluding carboxylic acids is 1. The third-order valence-electron chi connectivity index (χ3n) is 5.49. The van der Waals surface area contributed by atoms with Gasteiger partial charge in [-0.25, -0.2) is 13.1 Å². The van der Waals surface area contributed by atoms with Gasteiger partial charge in [-0.2, -0.15) is 0 Å². The molecule has 0 bridgehead atoms.